The zero-order valence-corrected chi connectivity index (χ0v) is 20.6. The molecule has 0 nitrogen and oxygen atoms in total. The second-order valence-corrected chi connectivity index (χ2v) is 9.30. The highest BCUT2D eigenvalue weighted by molar-refractivity contribution is 5.77. The van der Waals surface area contributed by atoms with Crippen molar-refractivity contribution in [3.63, 3.8) is 0 Å². The van der Waals surface area contributed by atoms with Crippen LogP contribution < -0.4 is 0 Å². The molecule has 37 heavy (non-hydrogen) atoms. The van der Waals surface area contributed by atoms with Gasteiger partial charge in [0.2, 0.25) is 0 Å². The molecule has 175 valence electrons. The Hall–Kier alpha value is -4.68. The molecule has 0 bridgehead atoms. The molecule has 0 aromatic heterocycles. The Kier molecular flexibility index (Phi) is 6.47. The molecule has 0 heterocycles. The smallest absolute Gasteiger partial charge is 0.0200 e. The van der Waals surface area contributed by atoms with Gasteiger partial charge in [0, 0.05) is 6.42 Å². The first-order chi connectivity index (χ1) is 18.3. The lowest BCUT2D eigenvalue weighted by Gasteiger charge is -2.13. The van der Waals surface area contributed by atoms with Crippen LogP contribution in [0.15, 0.2) is 158 Å². The van der Waals surface area contributed by atoms with Crippen molar-refractivity contribution in [2.24, 2.45) is 0 Å². The molecule has 0 fully saturated rings. The van der Waals surface area contributed by atoms with E-state index >= 15 is 0 Å². The van der Waals surface area contributed by atoms with Crippen molar-refractivity contribution >= 4 is 0 Å². The normalized spacial score (nSPS) is 10.8. The number of benzene rings is 6. The van der Waals surface area contributed by atoms with E-state index in [1.165, 1.54) is 55.6 Å². The molecule has 0 aliphatic heterocycles. The lowest BCUT2D eigenvalue weighted by atomic mass is 9.91. The molecule has 6 aromatic rings. The summed E-state index contributed by atoms with van der Waals surface area (Å²) in [5, 5.41) is 0. The topological polar surface area (TPSA) is 0 Å². The Labute approximate surface area is 219 Å². The summed E-state index contributed by atoms with van der Waals surface area (Å²) in [6.45, 7) is 0. The van der Waals surface area contributed by atoms with E-state index in [0.29, 0.717) is 0 Å². The maximum atomic E-state index is 2.30. The van der Waals surface area contributed by atoms with Gasteiger partial charge in [0.1, 0.15) is 0 Å². The van der Waals surface area contributed by atoms with Gasteiger partial charge in [0.05, 0.1) is 0 Å². The quantitative estimate of drug-likeness (QED) is 0.227. The minimum Gasteiger partial charge on any atom is -0.0622 e. The molecule has 6 rings (SSSR count). The first kappa shape index (κ1) is 22.8. The summed E-state index contributed by atoms with van der Waals surface area (Å²) in [6, 6.07) is 56.2. The third-order valence-electron chi connectivity index (χ3n) is 6.67. The lowest BCUT2D eigenvalue weighted by molar-refractivity contribution is 1.42. The highest BCUT2D eigenvalue weighted by Gasteiger charge is 2.10. The molecule has 0 amide bonds. The second kappa shape index (κ2) is 10.5. The number of rotatable bonds is 6. The third kappa shape index (κ3) is 5.29. The van der Waals surface area contributed by atoms with Crippen molar-refractivity contribution in [2.45, 2.75) is 0 Å². The van der Waals surface area contributed by atoms with Crippen molar-refractivity contribution in [1.82, 2.24) is 0 Å². The largest absolute Gasteiger partial charge is 0.0622 e. The van der Waals surface area contributed by atoms with Gasteiger partial charge in [-0.3, -0.25) is 0 Å². The fraction of sp³-hybridized carbons (Fsp3) is 0. The van der Waals surface area contributed by atoms with Gasteiger partial charge in [-0.2, -0.15) is 0 Å². The summed E-state index contributed by atoms with van der Waals surface area (Å²) in [5.74, 6) is 0. The first-order valence-corrected chi connectivity index (χ1v) is 12.7. The van der Waals surface area contributed by atoms with Gasteiger partial charge in [0.15, 0.2) is 0 Å². The summed E-state index contributed by atoms with van der Waals surface area (Å²) < 4.78 is 0. The summed E-state index contributed by atoms with van der Waals surface area (Å²) in [4.78, 5) is 0. The van der Waals surface area contributed by atoms with Crippen molar-refractivity contribution in [3.8, 4) is 44.5 Å². The summed E-state index contributed by atoms with van der Waals surface area (Å²) in [5.41, 5.74) is 12.1. The third-order valence-corrected chi connectivity index (χ3v) is 6.67. The second-order valence-electron chi connectivity index (χ2n) is 9.30. The zero-order chi connectivity index (χ0) is 24.9. The minimum absolute atomic E-state index is 1.18. The molecule has 0 saturated heterocycles. The SMILES string of the molecule is [CH](c1cc(-c2ccccc2)cc(-c2ccccc2)c1)c1cc(-c2ccccc2)cc(-c2ccccc2)c1. The summed E-state index contributed by atoms with van der Waals surface area (Å²) in [7, 11) is 0. The van der Waals surface area contributed by atoms with Crippen LogP contribution in [0.25, 0.3) is 44.5 Å². The van der Waals surface area contributed by atoms with E-state index in [2.05, 4.69) is 164 Å². The van der Waals surface area contributed by atoms with Gasteiger partial charge in [-0.15, -0.1) is 0 Å². The summed E-state index contributed by atoms with van der Waals surface area (Å²) in [6.07, 6.45) is 2.30. The highest BCUT2D eigenvalue weighted by atomic mass is 14.1. The van der Waals surface area contributed by atoms with Crippen LogP contribution >= 0.6 is 0 Å². The van der Waals surface area contributed by atoms with Gasteiger partial charge in [0.25, 0.3) is 0 Å². The van der Waals surface area contributed by atoms with Gasteiger partial charge in [-0.1, -0.05) is 146 Å². The Morgan fingerprint density at radius 1 is 0.243 bits per heavy atom. The standard InChI is InChI=1S/C37H27/c1-5-13-30(14-6-1)34-22-28(23-35(26-34)31-15-7-2-8-16-31)21-29-24-36(32-17-9-3-10-18-32)27-37(25-29)33-19-11-4-12-20-33/h1-27H. The van der Waals surface area contributed by atoms with Gasteiger partial charge >= 0.3 is 0 Å². The lowest BCUT2D eigenvalue weighted by Crippen LogP contribution is -1.92. The summed E-state index contributed by atoms with van der Waals surface area (Å²) >= 11 is 0. The predicted octanol–water partition coefficient (Wildman–Crippen LogP) is 9.96. The van der Waals surface area contributed by atoms with Crippen LogP contribution in [-0.2, 0) is 0 Å². The molecular formula is C37H27. The monoisotopic (exact) mass is 471 g/mol. The maximum absolute atomic E-state index is 2.30. The molecule has 0 saturated carbocycles. The highest BCUT2D eigenvalue weighted by Crippen LogP contribution is 2.33. The van der Waals surface area contributed by atoms with E-state index in [1.807, 2.05) is 0 Å². The molecule has 0 unspecified atom stereocenters. The van der Waals surface area contributed by atoms with Gasteiger partial charge in [-0.25, -0.2) is 0 Å². The van der Waals surface area contributed by atoms with Crippen LogP contribution in [0, 0.1) is 6.42 Å². The van der Waals surface area contributed by atoms with Crippen LogP contribution in [0.5, 0.6) is 0 Å². The zero-order valence-electron chi connectivity index (χ0n) is 20.6. The molecule has 0 atom stereocenters. The Morgan fingerprint density at radius 2 is 0.486 bits per heavy atom. The molecule has 6 aromatic carbocycles. The Morgan fingerprint density at radius 3 is 0.730 bits per heavy atom. The van der Waals surface area contributed by atoms with Crippen molar-refractivity contribution in [1.29, 1.82) is 0 Å². The van der Waals surface area contributed by atoms with E-state index in [0.717, 1.165) is 0 Å². The maximum Gasteiger partial charge on any atom is 0.0200 e. The van der Waals surface area contributed by atoms with Crippen molar-refractivity contribution < 1.29 is 0 Å². The van der Waals surface area contributed by atoms with Crippen LogP contribution in [0.1, 0.15) is 11.1 Å². The Balaban J connectivity index is 1.46. The Bertz CT molecular complexity index is 1360. The molecular weight excluding hydrogens is 444 g/mol. The van der Waals surface area contributed by atoms with E-state index < -0.39 is 0 Å². The van der Waals surface area contributed by atoms with E-state index in [9.17, 15) is 0 Å². The average molecular weight is 472 g/mol. The fourth-order valence-corrected chi connectivity index (χ4v) is 4.85. The molecule has 0 spiro atoms. The van der Waals surface area contributed by atoms with Crippen molar-refractivity contribution in [3.05, 3.63) is 175 Å². The molecule has 0 heteroatoms. The molecule has 1 radical (unpaired) electrons. The number of hydrogen-bond donors (Lipinski definition) is 0. The predicted molar refractivity (Wildman–Crippen MR) is 157 cm³/mol. The van der Waals surface area contributed by atoms with E-state index in [-0.39, 0.29) is 0 Å². The van der Waals surface area contributed by atoms with E-state index in [4.69, 9.17) is 0 Å². The average Bonchev–Trinajstić information content (AvgIpc) is 2.99. The first-order valence-electron chi connectivity index (χ1n) is 12.7. The van der Waals surface area contributed by atoms with Crippen molar-refractivity contribution in [2.75, 3.05) is 0 Å². The molecule has 0 aliphatic carbocycles. The van der Waals surface area contributed by atoms with Crippen LogP contribution in [0.2, 0.25) is 0 Å². The van der Waals surface area contributed by atoms with Crippen LogP contribution in [0.4, 0.5) is 0 Å². The van der Waals surface area contributed by atoms with E-state index in [1.54, 1.807) is 0 Å². The van der Waals surface area contributed by atoms with Gasteiger partial charge < -0.3 is 0 Å². The van der Waals surface area contributed by atoms with Crippen LogP contribution in [0.3, 0.4) is 0 Å². The van der Waals surface area contributed by atoms with Crippen LogP contribution in [-0.4, -0.2) is 0 Å². The molecule has 0 aliphatic rings. The molecule has 0 N–H and O–H groups in total. The fourth-order valence-electron chi connectivity index (χ4n) is 4.85. The van der Waals surface area contributed by atoms with Gasteiger partial charge in [-0.05, 0) is 67.8 Å². The minimum atomic E-state index is 1.18. The number of hydrogen-bond acceptors (Lipinski definition) is 0.